The maximum atomic E-state index is 12.3. The first-order valence-electron chi connectivity index (χ1n) is 8.94. The molecule has 5 nitrogen and oxygen atoms in total. The molecule has 1 aromatic rings. The molecule has 0 saturated carbocycles. The minimum absolute atomic E-state index is 0.119. The second-order valence-electron chi connectivity index (χ2n) is 6.80. The molecule has 0 radical (unpaired) electrons. The molecule has 23 heavy (non-hydrogen) atoms. The fourth-order valence-corrected chi connectivity index (χ4v) is 4.01. The van der Waals surface area contributed by atoms with Gasteiger partial charge in [-0.25, -0.2) is 4.98 Å². The van der Waals surface area contributed by atoms with Gasteiger partial charge in [0.2, 0.25) is 5.91 Å². The van der Waals surface area contributed by atoms with Crippen LogP contribution in [0, 0.1) is 5.92 Å². The van der Waals surface area contributed by atoms with Gasteiger partial charge < -0.3 is 15.5 Å². The predicted molar refractivity (Wildman–Crippen MR) is 93.7 cm³/mol. The number of anilines is 2. The number of amides is 1. The van der Waals surface area contributed by atoms with Crippen molar-refractivity contribution >= 4 is 17.4 Å². The zero-order valence-corrected chi connectivity index (χ0v) is 14.2. The van der Waals surface area contributed by atoms with E-state index >= 15 is 0 Å². The van der Waals surface area contributed by atoms with Crippen LogP contribution < -0.4 is 15.5 Å². The summed E-state index contributed by atoms with van der Waals surface area (Å²) in [7, 11) is 0. The fraction of sp³-hybridized carbons (Fsp3) is 0.667. The monoisotopic (exact) mass is 316 g/mol. The standard InChI is InChI=1S/C18H28N4O/c1-3-22(4-2)17-8-7-16(12-19-17)21-18(23)11-13-9-14-5-6-15(10-13)20-14/h7-8,12-15,20H,3-6,9-11H2,1-2H3,(H,21,23). The van der Waals surface area contributed by atoms with Crippen LogP contribution in [0.5, 0.6) is 0 Å². The Morgan fingerprint density at radius 1 is 1.26 bits per heavy atom. The Hall–Kier alpha value is -1.62. The molecule has 2 aliphatic heterocycles. The first-order chi connectivity index (χ1) is 11.2. The minimum Gasteiger partial charge on any atom is -0.357 e. The number of aromatic nitrogens is 1. The number of nitrogens with one attached hydrogen (secondary N) is 2. The number of nitrogens with zero attached hydrogens (tertiary/aromatic N) is 2. The molecule has 2 N–H and O–H groups in total. The Balaban J connectivity index is 1.51. The number of hydrogen-bond acceptors (Lipinski definition) is 4. The lowest BCUT2D eigenvalue weighted by Gasteiger charge is -2.28. The lowest BCUT2D eigenvalue weighted by molar-refractivity contribution is -0.117. The summed E-state index contributed by atoms with van der Waals surface area (Å²) in [6.07, 6.45) is 7.23. The third-order valence-electron chi connectivity index (χ3n) is 5.16. The lowest BCUT2D eigenvalue weighted by Crippen LogP contribution is -2.39. The van der Waals surface area contributed by atoms with Gasteiger partial charge in [-0.05, 0) is 57.6 Å². The molecule has 2 unspecified atom stereocenters. The Labute approximate surface area is 138 Å². The molecule has 1 amide bonds. The normalized spacial score (nSPS) is 26.1. The van der Waals surface area contributed by atoms with Crippen molar-refractivity contribution in [2.24, 2.45) is 5.92 Å². The van der Waals surface area contributed by atoms with E-state index in [2.05, 4.69) is 34.4 Å². The molecule has 3 rings (SSSR count). The minimum atomic E-state index is 0.119. The first kappa shape index (κ1) is 16.2. The van der Waals surface area contributed by atoms with Crippen molar-refractivity contribution in [2.75, 3.05) is 23.3 Å². The smallest absolute Gasteiger partial charge is 0.224 e. The molecular formula is C18H28N4O. The second-order valence-corrected chi connectivity index (χ2v) is 6.80. The summed E-state index contributed by atoms with van der Waals surface area (Å²) in [5.74, 6) is 1.60. The number of fused-ring (bicyclic) bond motifs is 2. The van der Waals surface area contributed by atoms with Gasteiger partial charge in [-0.2, -0.15) is 0 Å². The molecule has 2 atom stereocenters. The first-order valence-corrected chi connectivity index (χ1v) is 8.94. The maximum Gasteiger partial charge on any atom is 0.224 e. The average Bonchev–Trinajstić information content (AvgIpc) is 2.89. The molecule has 0 aliphatic carbocycles. The van der Waals surface area contributed by atoms with E-state index in [9.17, 15) is 4.79 Å². The highest BCUT2D eigenvalue weighted by atomic mass is 16.1. The van der Waals surface area contributed by atoms with Crippen LogP contribution in [-0.4, -0.2) is 36.1 Å². The third kappa shape index (κ3) is 4.02. The molecule has 1 aromatic heterocycles. The molecule has 3 heterocycles. The van der Waals surface area contributed by atoms with E-state index in [0.717, 1.165) is 37.4 Å². The molecular weight excluding hydrogens is 288 g/mol. The number of carbonyl (C=O) groups is 1. The molecule has 0 spiro atoms. The summed E-state index contributed by atoms with van der Waals surface area (Å²) in [4.78, 5) is 18.9. The largest absolute Gasteiger partial charge is 0.357 e. The maximum absolute atomic E-state index is 12.3. The van der Waals surface area contributed by atoms with Crippen molar-refractivity contribution in [3.8, 4) is 0 Å². The second kappa shape index (κ2) is 7.30. The quantitative estimate of drug-likeness (QED) is 0.847. The van der Waals surface area contributed by atoms with Crippen molar-refractivity contribution < 1.29 is 4.79 Å². The van der Waals surface area contributed by atoms with Crippen LogP contribution in [0.15, 0.2) is 18.3 Å². The third-order valence-corrected chi connectivity index (χ3v) is 5.16. The zero-order chi connectivity index (χ0) is 16.2. The van der Waals surface area contributed by atoms with Crippen LogP contribution in [0.4, 0.5) is 11.5 Å². The van der Waals surface area contributed by atoms with Gasteiger partial charge >= 0.3 is 0 Å². The number of piperidine rings is 1. The average molecular weight is 316 g/mol. The predicted octanol–water partition coefficient (Wildman–Crippen LogP) is 2.79. The Kier molecular flexibility index (Phi) is 5.16. The summed E-state index contributed by atoms with van der Waals surface area (Å²) in [6, 6.07) is 5.21. The van der Waals surface area contributed by atoms with Crippen LogP contribution >= 0.6 is 0 Å². The van der Waals surface area contributed by atoms with Crippen molar-refractivity contribution in [3.05, 3.63) is 18.3 Å². The van der Waals surface area contributed by atoms with Crippen molar-refractivity contribution in [1.82, 2.24) is 10.3 Å². The SMILES string of the molecule is CCN(CC)c1ccc(NC(=O)CC2CC3CCC(C2)N3)cn1. The summed E-state index contributed by atoms with van der Waals surface area (Å²) in [5.41, 5.74) is 0.794. The van der Waals surface area contributed by atoms with Crippen LogP contribution in [0.2, 0.25) is 0 Å². The molecule has 126 valence electrons. The van der Waals surface area contributed by atoms with Crippen LogP contribution in [-0.2, 0) is 4.79 Å². The molecule has 0 aromatic carbocycles. The highest BCUT2D eigenvalue weighted by Gasteiger charge is 2.34. The van der Waals surface area contributed by atoms with E-state index in [0.29, 0.717) is 24.4 Å². The highest BCUT2D eigenvalue weighted by molar-refractivity contribution is 5.90. The van der Waals surface area contributed by atoms with E-state index in [4.69, 9.17) is 0 Å². The van der Waals surface area contributed by atoms with E-state index in [1.807, 2.05) is 12.1 Å². The summed E-state index contributed by atoms with van der Waals surface area (Å²) < 4.78 is 0. The van der Waals surface area contributed by atoms with Crippen molar-refractivity contribution in [3.63, 3.8) is 0 Å². The van der Waals surface area contributed by atoms with Gasteiger partial charge in [0.1, 0.15) is 5.82 Å². The van der Waals surface area contributed by atoms with Gasteiger partial charge in [0, 0.05) is 31.6 Å². The Morgan fingerprint density at radius 2 is 1.96 bits per heavy atom. The molecule has 2 saturated heterocycles. The Bertz CT molecular complexity index is 514. The number of hydrogen-bond donors (Lipinski definition) is 2. The topological polar surface area (TPSA) is 57.3 Å². The van der Waals surface area contributed by atoms with Gasteiger partial charge in [0.05, 0.1) is 11.9 Å². The molecule has 5 heteroatoms. The van der Waals surface area contributed by atoms with Crippen molar-refractivity contribution in [1.29, 1.82) is 0 Å². The number of carbonyl (C=O) groups excluding carboxylic acids is 1. The summed E-state index contributed by atoms with van der Waals surface area (Å²) >= 11 is 0. The summed E-state index contributed by atoms with van der Waals surface area (Å²) in [5, 5.41) is 6.63. The molecule has 2 bridgehead atoms. The van der Waals surface area contributed by atoms with Gasteiger partial charge in [0.15, 0.2) is 0 Å². The zero-order valence-electron chi connectivity index (χ0n) is 14.2. The van der Waals surface area contributed by atoms with Gasteiger partial charge in [0.25, 0.3) is 0 Å². The van der Waals surface area contributed by atoms with Crippen molar-refractivity contribution in [2.45, 2.75) is 58.0 Å². The van der Waals surface area contributed by atoms with Crippen LogP contribution in [0.3, 0.4) is 0 Å². The number of rotatable bonds is 6. The van der Waals surface area contributed by atoms with Crippen LogP contribution in [0.1, 0.15) is 46.0 Å². The van der Waals surface area contributed by atoms with Crippen LogP contribution in [0.25, 0.3) is 0 Å². The fourth-order valence-electron chi connectivity index (χ4n) is 4.01. The highest BCUT2D eigenvalue weighted by Crippen LogP contribution is 2.32. The molecule has 2 fully saturated rings. The van der Waals surface area contributed by atoms with E-state index in [1.54, 1.807) is 6.20 Å². The number of pyridine rings is 1. The van der Waals surface area contributed by atoms with E-state index < -0.39 is 0 Å². The lowest BCUT2D eigenvalue weighted by atomic mass is 9.89. The summed E-state index contributed by atoms with van der Waals surface area (Å²) in [6.45, 7) is 6.11. The van der Waals surface area contributed by atoms with Gasteiger partial charge in [-0.1, -0.05) is 0 Å². The van der Waals surface area contributed by atoms with E-state index in [-0.39, 0.29) is 5.91 Å². The van der Waals surface area contributed by atoms with Gasteiger partial charge in [-0.3, -0.25) is 4.79 Å². The van der Waals surface area contributed by atoms with Gasteiger partial charge in [-0.15, -0.1) is 0 Å². The van der Waals surface area contributed by atoms with E-state index in [1.165, 1.54) is 12.8 Å². The molecule has 2 aliphatic rings. The Morgan fingerprint density at radius 3 is 2.52 bits per heavy atom.